The third-order valence-electron chi connectivity index (χ3n) is 4.08. The van der Waals surface area contributed by atoms with Crippen molar-refractivity contribution in [2.45, 2.75) is 28.4 Å². The quantitative estimate of drug-likeness (QED) is 0.832. The van der Waals surface area contributed by atoms with E-state index in [1.807, 2.05) is 0 Å². The first-order valence-electron chi connectivity index (χ1n) is 7.90. The maximum absolute atomic E-state index is 13.2. The lowest BCUT2D eigenvalue weighted by atomic mass is 10.1. The molecule has 0 radical (unpaired) electrons. The molecular weight excluding hydrogens is 365 g/mol. The van der Waals surface area contributed by atoms with Crippen LogP contribution in [0.3, 0.4) is 0 Å². The van der Waals surface area contributed by atoms with Gasteiger partial charge in [-0.1, -0.05) is 18.2 Å². The zero-order valence-corrected chi connectivity index (χ0v) is 15.0. The predicted octanol–water partition coefficient (Wildman–Crippen LogP) is 2.70. The molecule has 1 amide bonds. The monoisotopic (exact) mass is 383 g/mol. The molecule has 2 unspecified atom stereocenters. The minimum Gasteiger partial charge on any atom is -0.368 e. The van der Waals surface area contributed by atoms with Crippen LogP contribution < -0.4 is 5.32 Å². The number of amides is 1. The molecule has 1 aliphatic rings. The molecule has 1 saturated heterocycles. The zero-order chi connectivity index (χ0) is 17.9. The van der Waals surface area contributed by atoms with Gasteiger partial charge in [0.15, 0.2) is 9.84 Å². The second kappa shape index (κ2) is 7.63. The molecule has 25 heavy (non-hydrogen) atoms. The van der Waals surface area contributed by atoms with E-state index < -0.39 is 27.0 Å². The number of carbonyl (C=O) groups excluding carboxylic acids is 1. The van der Waals surface area contributed by atoms with Crippen LogP contribution in [0.1, 0.15) is 23.7 Å². The highest BCUT2D eigenvalue weighted by molar-refractivity contribution is 7.93. The Morgan fingerprint density at radius 3 is 2.68 bits per heavy atom. The summed E-state index contributed by atoms with van der Waals surface area (Å²) in [6.45, 7) is 0.442. The summed E-state index contributed by atoms with van der Waals surface area (Å²) in [4.78, 5) is 12.2. The molecule has 0 aliphatic carbocycles. The van der Waals surface area contributed by atoms with Gasteiger partial charge in [-0.25, -0.2) is 12.8 Å². The Morgan fingerprint density at radius 2 is 2.08 bits per heavy atom. The first-order valence-corrected chi connectivity index (χ1v) is 10.3. The van der Waals surface area contributed by atoms with E-state index in [0.29, 0.717) is 18.6 Å². The molecule has 8 heteroatoms. The van der Waals surface area contributed by atoms with Gasteiger partial charge in [-0.15, -0.1) is 11.3 Å². The number of nitrogens with one attached hydrogen (secondary N) is 1. The van der Waals surface area contributed by atoms with E-state index in [2.05, 4.69) is 5.32 Å². The number of sulfone groups is 1. The molecule has 1 aliphatic heterocycles. The second-order valence-corrected chi connectivity index (χ2v) is 9.07. The van der Waals surface area contributed by atoms with Crippen LogP contribution in [0.15, 0.2) is 46.0 Å². The van der Waals surface area contributed by atoms with Gasteiger partial charge < -0.3 is 10.1 Å². The molecule has 134 valence electrons. The molecule has 0 spiro atoms. The number of halogens is 1. The van der Waals surface area contributed by atoms with E-state index >= 15 is 0 Å². The van der Waals surface area contributed by atoms with Crippen molar-refractivity contribution in [3.05, 3.63) is 53.2 Å². The van der Waals surface area contributed by atoms with Crippen LogP contribution in [0.5, 0.6) is 0 Å². The largest absolute Gasteiger partial charge is 0.368 e. The number of hydrogen-bond acceptors (Lipinski definition) is 5. The molecule has 1 N–H and O–H groups in total. The SMILES string of the molecule is O=C(NCC(c1ccc(F)cc1)S(=O)(=O)c1cccs1)C1CCCO1. The summed E-state index contributed by atoms with van der Waals surface area (Å²) in [7, 11) is -3.70. The van der Waals surface area contributed by atoms with Crippen molar-refractivity contribution in [2.24, 2.45) is 0 Å². The van der Waals surface area contributed by atoms with Gasteiger partial charge in [-0.2, -0.15) is 0 Å². The number of thiophene rings is 1. The predicted molar refractivity (Wildman–Crippen MR) is 92.6 cm³/mol. The summed E-state index contributed by atoms with van der Waals surface area (Å²) in [5.74, 6) is -0.759. The maximum atomic E-state index is 13.2. The van der Waals surface area contributed by atoms with Crippen molar-refractivity contribution in [1.29, 1.82) is 0 Å². The molecule has 2 aromatic rings. The van der Waals surface area contributed by atoms with Gasteiger partial charge in [0.2, 0.25) is 5.91 Å². The molecule has 1 fully saturated rings. The number of hydrogen-bond donors (Lipinski definition) is 1. The van der Waals surface area contributed by atoms with Crippen molar-refractivity contribution in [1.82, 2.24) is 5.32 Å². The van der Waals surface area contributed by atoms with Crippen LogP contribution >= 0.6 is 11.3 Å². The van der Waals surface area contributed by atoms with Crippen LogP contribution in [-0.2, 0) is 19.4 Å². The molecule has 1 aromatic carbocycles. The van der Waals surface area contributed by atoms with Crippen molar-refractivity contribution in [3.8, 4) is 0 Å². The maximum Gasteiger partial charge on any atom is 0.249 e. The molecule has 0 bridgehead atoms. The van der Waals surface area contributed by atoms with Gasteiger partial charge >= 0.3 is 0 Å². The summed E-state index contributed by atoms with van der Waals surface area (Å²) < 4.78 is 44.6. The fourth-order valence-electron chi connectivity index (χ4n) is 2.74. The molecule has 3 rings (SSSR count). The Kier molecular flexibility index (Phi) is 5.51. The van der Waals surface area contributed by atoms with Crippen LogP contribution in [0.25, 0.3) is 0 Å². The number of benzene rings is 1. The summed E-state index contributed by atoms with van der Waals surface area (Å²) >= 11 is 1.12. The van der Waals surface area contributed by atoms with E-state index in [9.17, 15) is 17.6 Å². The fourth-order valence-corrected chi connectivity index (χ4v) is 5.61. The first kappa shape index (κ1) is 18.0. The van der Waals surface area contributed by atoms with Gasteiger partial charge in [0.05, 0.1) is 0 Å². The standard InChI is InChI=1S/C17H18FNO4S2/c18-13-7-5-12(6-8-13)15(25(21,22)16-4-2-10-24-16)11-19-17(20)14-3-1-9-23-14/h2,4-8,10,14-15H,1,3,9,11H2,(H,19,20). The lowest BCUT2D eigenvalue weighted by molar-refractivity contribution is -0.130. The minimum absolute atomic E-state index is 0.0927. The van der Waals surface area contributed by atoms with E-state index in [0.717, 1.165) is 17.8 Å². The Bertz CT molecular complexity index is 813. The van der Waals surface area contributed by atoms with Crippen LogP contribution in [0, 0.1) is 5.82 Å². The molecule has 1 aromatic heterocycles. The van der Waals surface area contributed by atoms with Crippen molar-refractivity contribution in [3.63, 3.8) is 0 Å². The Hall–Kier alpha value is -1.77. The van der Waals surface area contributed by atoms with Gasteiger partial charge in [-0.3, -0.25) is 4.79 Å². The van der Waals surface area contributed by atoms with Crippen LogP contribution in [0.4, 0.5) is 4.39 Å². The normalized spacial score (nSPS) is 18.8. The van der Waals surface area contributed by atoms with Gasteiger partial charge in [0, 0.05) is 13.2 Å². The number of carbonyl (C=O) groups is 1. The lowest BCUT2D eigenvalue weighted by Gasteiger charge is -2.19. The Balaban J connectivity index is 1.84. The van der Waals surface area contributed by atoms with Crippen LogP contribution in [0.2, 0.25) is 0 Å². The van der Waals surface area contributed by atoms with Gasteiger partial charge in [-0.05, 0) is 42.0 Å². The summed E-state index contributed by atoms with van der Waals surface area (Å²) in [5, 5.41) is 3.36. The highest BCUT2D eigenvalue weighted by Crippen LogP contribution is 2.31. The summed E-state index contributed by atoms with van der Waals surface area (Å²) in [5.41, 5.74) is 0.433. The average Bonchev–Trinajstić information content (AvgIpc) is 3.30. The Labute approximate surface area is 149 Å². The topological polar surface area (TPSA) is 72.5 Å². The third-order valence-corrected chi connectivity index (χ3v) is 7.61. The van der Waals surface area contributed by atoms with E-state index in [1.165, 1.54) is 30.3 Å². The molecule has 2 atom stereocenters. The Morgan fingerprint density at radius 1 is 1.32 bits per heavy atom. The molecule has 5 nitrogen and oxygen atoms in total. The summed E-state index contributed by atoms with van der Waals surface area (Å²) in [6.07, 6.45) is 0.913. The highest BCUT2D eigenvalue weighted by Gasteiger charge is 2.32. The van der Waals surface area contributed by atoms with Gasteiger partial charge in [0.1, 0.15) is 21.4 Å². The van der Waals surface area contributed by atoms with E-state index in [1.54, 1.807) is 11.4 Å². The van der Waals surface area contributed by atoms with Gasteiger partial charge in [0.25, 0.3) is 0 Å². The minimum atomic E-state index is -3.70. The van der Waals surface area contributed by atoms with E-state index in [4.69, 9.17) is 4.74 Å². The van der Waals surface area contributed by atoms with Crippen molar-refractivity contribution in [2.75, 3.05) is 13.2 Å². The third kappa shape index (κ3) is 4.08. The molecule has 2 heterocycles. The molecule has 0 saturated carbocycles. The molecular formula is C17H18FNO4S2. The summed E-state index contributed by atoms with van der Waals surface area (Å²) in [6, 6.07) is 8.48. The second-order valence-electron chi connectivity index (χ2n) is 5.76. The smallest absolute Gasteiger partial charge is 0.249 e. The van der Waals surface area contributed by atoms with Crippen molar-refractivity contribution < 1.29 is 22.3 Å². The van der Waals surface area contributed by atoms with Crippen LogP contribution in [-0.4, -0.2) is 33.6 Å². The fraction of sp³-hybridized carbons (Fsp3) is 0.353. The van der Waals surface area contributed by atoms with E-state index in [-0.39, 0.29) is 16.7 Å². The zero-order valence-electron chi connectivity index (χ0n) is 13.4. The lowest BCUT2D eigenvalue weighted by Crippen LogP contribution is -2.38. The van der Waals surface area contributed by atoms with Crippen molar-refractivity contribution >= 4 is 27.1 Å². The highest BCUT2D eigenvalue weighted by atomic mass is 32.2. The number of ether oxygens (including phenoxy) is 1. The first-order chi connectivity index (χ1) is 12.0. The number of rotatable bonds is 6. The average molecular weight is 383 g/mol.